The fourth-order valence-corrected chi connectivity index (χ4v) is 3.69. The molecule has 0 aliphatic rings. The van der Waals surface area contributed by atoms with Crippen LogP contribution in [0.1, 0.15) is 16.6 Å². The third kappa shape index (κ3) is 3.47. The Hall–Kier alpha value is -2.71. The quantitative estimate of drug-likeness (QED) is 0.624. The van der Waals surface area contributed by atoms with Crippen LogP contribution in [0.4, 0.5) is 15.9 Å². The lowest BCUT2D eigenvalue weighted by atomic mass is 10.2. The van der Waals surface area contributed by atoms with E-state index in [4.69, 9.17) is 22.7 Å². The van der Waals surface area contributed by atoms with Crippen molar-refractivity contribution in [2.45, 2.75) is 6.92 Å². The van der Waals surface area contributed by atoms with Crippen LogP contribution < -0.4 is 15.8 Å². The maximum Gasteiger partial charge on any atom is 0.269 e. The number of hydrogen-bond donors (Lipinski definition) is 2. The van der Waals surface area contributed by atoms with Crippen LogP contribution in [-0.4, -0.2) is 17.1 Å². The molecule has 0 aliphatic heterocycles. The van der Waals surface area contributed by atoms with Gasteiger partial charge in [-0.25, -0.2) is 4.39 Å². The Morgan fingerprint density at radius 2 is 1.96 bits per heavy atom. The first kappa shape index (κ1) is 18.1. The number of carbonyl (C=O) groups is 1. The first-order valence-corrected chi connectivity index (χ1v) is 9.04. The van der Waals surface area contributed by atoms with Crippen LogP contribution in [-0.2, 0) is 0 Å². The summed E-state index contributed by atoms with van der Waals surface area (Å²) in [5.74, 6) is -0.252. The van der Waals surface area contributed by atoms with Crippen molar-refractivity contribution < 1.29 is 13.9 Å². The minimum Gasteiger partial charge on any atom is -0.492 e. The Bertz CT molecular complexity index is 1010. The average Bonchev–Trinajstić information content (AvgIpc) is 2.92. The van der Waals surface area contributed by atoms with Gasteiger partial charge in [0.25, 0.3) is 5.91 Å². The number of anilines is 2. The standard InChI is InChI=1S/C18H16FN3O2S2/c1-2-24-14-10-6-4-8-12(14)21-17(23)15-16(20)22(18(25)26-15)13-9-5-3-7-11(13)19/h3-10H,2,20H2,1H3,(H,21,23). The maximum atomic E-state index is 14.1. The van der Waals surface area contributed by atoms with Crippen molar-refractivity contribution in [1.29, 1.82) is 0 Å². The summed E-state index contributed by atoms with van der Waals surface area (Å²) in [7, 11) is 0. The van der Waals surface area contributed by atoms with Crippen LogP contribution in [0, 0.1) is 9.77 Å². The molecule has 0 saturated carbocycles. The number of benzene rings is 2. The number of ether oxygens (including phenoxy) is 1. The molecule has 3 N–H and O–H groups in total. The van der Waals surface area contributed by atoms with Gasteiger partial charge in [-0.2, -0.15) is 0 Å². The van der Waals surface area contributed by atoms with Gasteiger partial charge in [0.15, 0.2) is 3.95 Å². The Labute approximate surface area is 158 Å². The molecule has 0 fully saturated rings. The maximum absolute atomic E-state index is 14.1. The molecule has 0 bridgehead atoms. The van der Waals surface area contributed by atoms with Gasteiger partial charge in [0, 0.05) is 0 Å². The molecule has 3 aromatic rings. The van der Waals surface area contributed by atoms with E-state index in [1.54, 1.807) is 36.4 Å². The lowest BCUT2D eigenvalue weighted by Gasteiger charge is -2.11. The summed E-state index contributed by atoms with van der Waals surface area (Å²) < 4.78 is 21.2. The van der Waals surface area contributed by atoms with E-state index in [9.17, 15) is 9.18 Å². The summed E-state index contributed by atoms with van der Waals surface area (Å²) in [6.45, 7) is 2.33. The largest absolute Gasteiger partial charge is 0.492 e. The van der Waals surface area contributed by atoms with Crippen molar-refractivity contribution in [3.63, 3.8) is 0 Å². The summed E-state index contributed by atoms with van der Waals surface area (Å²) in [5, 5.41) is 2.77. The zero-order valence-corrected chi connectivity index (χ0v) is 15.5. The molecule has 0 unspecified atom stereocenters. The lowest BCUT2D eigenvalue weighted by molar-refractivity contribution is 0.103. The van der Waals surface area contributed by atoms with E-state index in [0.29, 0.717) is 18.0 Å². The van der Waals surface area contributed by atoms with Gasteiger partial charge >= 0.3 is 0 Å². The first-order chi connectivity index (χ1) is 12.5. The highest BCUT2D eigenvalue weighted by atomic mass is 32.1. The second-order valence-corrected chi connectivity index (χ2v) is 6.90. The highest BCUT2D eigenvalue weighted by Gasteiger charge is 2.20. The van der Waals surface area contributed by atoms with E-state index in [-0.39, 0.29) is 20.3 Å². The highest BCUT2D eigenvalue weighted by molar-refractivity contribution is 7.73. The number of para-hydroxylation sites is 3. The van der Waals surface area contributed by atoms with Gasteiger partial charge in [0.1, 0.15) is 22.3 Å². The van der Waals surface area contributed by atoms with E-state index < -0.39 is 11.7 Å². The van der Waals surface area contributed by atoms with Crippen molar-refractivity contribution in [2.24, 2.45) is 0 Å². The number of amides is 1. The van der Waals surface area contributed by atoms with Gasteiger partial charge in [-0.1, -0.05) is 35.6 Å². The third-order valence-corrected chi connectivity index (χ3v) is 4.97. The minimum atomic E-state index is -0.471. The van der Waals surface area contributed by atoms with E-state index in [1.807, 2.05) is 13.0 Å². The summed E-state index contributed by atoms with van der Waals surface area (Å²) in [6, 6.07) is 13.2. The van der Waals surface area contributed by atoms with Crippen molar-refractivity contribution in [3.8, 4) is 11.4 Å². The molecule has 0 spiro atoms. The van der Waals surface area contributed by atoms with Crippen LogP contribution in [0.5, 0.6) is 5.75 Å². The number of nitrogens with one attached hydrogen (secondary N) is 1. The topological polar surface area (TPSA) is 69.3 Å². The van der Waals surface area contributed by atoms with E-state index in [2.05, 4.69) is 5.32 Å². The normalized spacial score (nSPS) is 10.5. The second kappa shape index (κ2) is 7.67. The monoisotopic (exact) mass is 389 g/mol. The molecule has 1 heterocycles. The van der Waals surface area contributed by atoms with Crippen molar-refractivity contribution in [3.05, 3.63) is 63.2 Å². The summed E-state index contributed by atoms with van der Waals surface area (Å²) in [4.78, 5) is 12.9. The fourth-order valence-electron chi connectivity index (χ4n) is 2.44. The zero-order valence-electron chi connectivity index (χ0n) is 13.9. The summed E-state index contributed by atoms with van der Waals surface area (Å²) in [5.41, 5.74) is 6.84. The predicted molar refractivity (Wildman–Crippen MR) is 104 cm³/mol. The number of halogens is 1. The minimum absolute atomic E-state index is 0.0940. The smallest absolute Gasteiger partial charge is 0.269 e. The number of nitrogens with two attached hydrogens (primary N) is 1. The lowest BCUT2D eigenvalue weighted by Crippen LogP contribution is -2.14. The van der Waals surface area contributed by atoms with E-state index in [0.717, 1.165) is 11.3 Å². The molecule has 8 heteroatoms. The average molecular weight is 389 g/mol. The molecule has 1 aromatic heterocycles. The van der Waals surface area contributed by atoms with Crippen LogP contribution in [0.3, 0.4) is 0 Å². The predicted octanol–water partition coefficient (Wildman–Crippen LogP) is 4.64. The molecule has 5 nitrogen and oxygen atoms in total. The van der Waals surface area contributed by atoms with Crippen molar-refractivity contribution in [2.75, 3.05) is 17.7 Å². The molecule has 26 heavy (non-hydrogen) atoms. The van der Waals surface area contributed by atoms with Gasteiger partial charge in [0.05, 0.1) is 18.0 Å². The zero-order chi connectivity index (χ0) is 18.7. The number of nitrogens with zero attached hydrogens (tertiary/aromatic N) is 1. The summed E-state index contributed by atoms with van der Waals surface area (Å²) >= 11 is 6.31. The number of thiazole rings is 1. The molecule has 3 rings (SSSR count). The molecular formula is C18H16FN3O2S2. The Kier molecular flexibility index (Phi) is 5.34. The van der Waals surface area contributed by atoms with Gasteiger partial charge in [-0.15, -0.1) is 0 Å². The number of carbonyl (C=O) groups excluding carboxylic acids is 1. The Morgan fingerprint density at radius 1 is 1.27 bits per heavy atom. The molecule has 0 saturated heterocycles. The molecular weight excluding hydrogens is 373 g/mol. The number of nitrogen functional groups attached to an aromatic ring is 1. The van der Waals surface area contributed by atoms with Crippen LogP contribution in [0.2, 0.25) is 0 Å². The summed E-state index contributed by atoms with van der Waals surface area (Å²) in [6.07, 6.45) is 0. The van der Waals surface area contributed by atoms with Crippen molar-refractivity contribution in [1.82, 2.24) is 4.57 Å². The van der Waals surface area contributed by atoms with Gasteiger partial charge in [0.2, 0.25) is 0 Å². The number of hydrogen-bond acceptors (Lipinski definition) is 5. The molecule has 0 radical (unpaired) electrons. The van der Waals surface area contributed by atoms with E-state index >= 15 is 0 Å². The SMILES string of the molecule is CCOc1ccccc1NC(=O)c1sc(=S)n(-c2ccccc2F)c1N. The highest BCUT2D eigenvalue weighted by Crippen LogP contribution is 2.30. The molecule has 1 amide bonds. The number of aromatic nitrogens is 1. The van der Waals surface area contributed by atoms with Crippen LogP contribution in [0.25, 0.3) is 5.69 Å². The van der Waals surface area contributed by atoms with Crippen LogP contribution >= 0.6 is 23.6 Å². The fraction of sp³-hybridized carbons (Fsp3) is 0.111. The first-order valence-electron chi connectivity index (χ1n) is 7.82. The molecule has 0 aliphatic carbocycles. The van der Waals surface area contributed by atoms with Gasteiger partial charge in [-0.3, -0.25) is 9.36 Å². The number of rotatable bonds is 5. The van der Waals surface area contributed by atoms with Crippen molar-refractivity contribution >= 4 is 41.0 Å². The van der Waals surface area contributed by atoms with Gasteiger partial charge in [-0.05, 0) is 43.4 Å². The third-order valence-electron chi connectivity index (χ3n) is 3.58. The molecule has 0 atom stereocenters. The second-order valence-electron chi connectivity index (χ2n) is 5.25. The van der Waals surface area contributed by atoms with E-state index in [1.165, 1.54) is 10.6 Å². The van der Waals surface area contributed by atoms with Crippen LogP contribution in [0.15, 0.2) is 48.5 Å². The Balaban J connectivity index is 1.96. The van der Waals surface area contributed by atoms with Gasteiger partial charge < -0.3 is 15.8 Å². The Morgan fingerprint density at radius 3 is 2.69 bits per heavy atom. The molecule has 134 valence electrons. The molecule has 2 aromatic carbocycles.